The molecule has 0 amide bonds. The van der Waals surface area contributed by atoms with Gasteiger partial charge in [-0.1, -0.05) is 13.8 Å². The van der Waals surface area contributed by atoms with Gasteiger partial charge >= 0.3 is 24.8 Å². The summed E-state index contributed by atoms with van der Waals surface area (Å²) in [6, 6.07) is 0. The molecule has 0 aliphatic heterocycles. The zero-order valence-electron chi connectivity index (χ0n) is 6.64. The minimum absolute atomic E-state index is 0. The summed E-state index contributed by atoms with van der Waals surface area (Å²) in [7, 11) is 0. The van der Waals surface area contributed by atoms with E-state index >= 15 is 0 Å². The summed E-state index contributed by atoms with van der Waals surface area (Å²) in [6.45, 7) is 8.28. The summed E-state index contributed by atoms with van der Waals surface area (Å²) in [6.07, 6.45) is 0. The first kappa shape index (κ1) is 16.0. The van der Waals surface area contributed by atoms with E-state index in [1.54, 1.807) is 20.8 Å². The molecule has 0 saturated heterocycles. The van der Waals surface area contributed by atoms with Gasteiger partial charge in [-0.05, 0) is 0 Å². The number of carboxylic acids is 1. The molecule has 0 rings (SSSR count). The molecule has 0 heterocycles. The number of aliphatic carboxylic acids is 1. The summed E-state index contributed by atoms with van der Waals surface area (Å²) < 4.78 is 0. The van der Waals surface area contributed by atoms with Crippen molar-refractivity contribution in [1.29, 1.82) is 0 Å². The number of rotatable bonds is 1. The van der Waals surface area contributed by atoms with Crippen LogP contribution >= 0.6 is 0 Å². The largest absolute Gasteiger partial charge is 1.00 e. The van der Waals surface area contributed by atoms with Crippen LogP contribution in [0.15, 0.2) is 0 Å². The van der Waals surface area contributed by atoms with Gasteiger partial charge in [0.1, 0.15) is 0 Å². The van der Waals surface area contributed by atoms with Crippen LogP contribution in [-0.4, -0.2) is 11.1 Å². The van der Waals surface area contributed by atoms with E-state index in [-0.39, 0.29) is 24.8 Å². The summed E-state index contributed by atoms with van der Waals surface area (Å²) in [5.41, 5.74) is 0. The van der Waals surface area contributed by atoms with Gasteiger partial charge in [0, 0.05) is 0 Å². The molecule has 2 nitrogen and oxygen atoms in total. The Morgan fingerprint density at radius 1 is 1.44 bits per heavy atom. The molecule has 0 unspecified atom stereocenters. The molecule has 0 aliphatic carbocycles. The average Bonchev–Trinajstić information content (AvgIpc) is 1.72. The van der Waals surface area contributed by atoms with E-state index in [0.29, 0.717) is 0 Å². The van der Waals surface area contributed by atoms with Crippen molar-refractivity contribution in [2.45, 2.75) is 20.8 Å². The second kappa shape index (κ2) is 10.9. The topological polar surface area (TPSA) is 37.3 Å². The SMILES string of the molecule is CC(C)C(=O)O.[CH2-]C.[Li+]. The van der Waals surface area contributed by atoms with Crippen molar-refractivity contribution in [2.75, 3.05) is 0 Å². The predicted molar refractivity (Wildman–Crippen MR) is 33.5 cm³/mol. The minimum atomic E-state index is -0.741. The third kappa shape index (κ3) is 18.0. The fourth-order valence-corrected chi connectivity index (χ4v) is 0. The normalized spacial score (nSPS) is 6.78. The summed E-state index contributed by atoms with van der Waals surface area (Å²) >= 11 is 0. The molecule has 1 N–H and O–H groups in total. The molecular formula is C6H13LiO2. The van der Waals surface area contributed by atoms with Gasteiger partial charge in [0.05, 0.1) is 5.92 Å². The molecular weight excluding hydrogens is 111 g/mol. The van der Waals surface area contributed by atoms with E-state index in [1.807, 2.05) is 0 Å². The van der Waals surface area contributed by atoms with Crippen molar-refractivity contribution in [3.8, 4) is 0 Å². The average molecular weight is 124 g/mol. The molecule has 9 heavy (non-hydrogen) atoms. The summed E-state index contributed by atoms with van der Waals surface area (Å²) in [5, 5.41) is 7.99. The maximum Gasteiger partial charge on any atom is 1.00 e. The van der Waals surface area contributed by atoms with Gasteiger partial charge in [0.15, 0.2) is 0 Å². The number of carboxylic acid groups (broad SMARTS) is 1. The molecule has 50 valence electrons. The fraction of sp³-hybridized carbons (Fsp3) is 0.667. The van der Waals surface area contributed by atoms with Gasteiger partial charge in [0.25, 0.3) is 0 Å². The Hall–Kier alpha value is 0.0674. The maximum absolute atomic E-state index is 9.70. The first-order valence-corrected chi connectivity index (χ1v) is 2.58. The van der Waals surface area contributed by atoms with Crippen LogP contribution in [0.2, 0.25) is 0 Å². The van der Waals surface area contributed by atoms with Crippen LogP contribution in [0, 0.1) is 12.8 Å². The fourth-order valence-electron chi connectivity index (χ4n) is 0. The van der Waals surface area contributed by atoms with Gasteiger partial charge in [-0.2, -0.15) is 6.92 Å². The molecule has 0 bridgehead atoms. The van der Waals surface area contributed by atoms with E-state index in [2.05, 4.69) is 6.92 Å². The van der Waals surface area contributed by atoms with Crippen molar-refractivity contribution in [1.82, 2.24) is 0 Å². The van der Waals surface area contributed by atoms with Crippen LogP contribution in [-0.2, 0) is 4.79 Å². The van der Waals surface area contributed by atoms with Gasteiger partial charge < -0.3 is 12.0 Å². The van der Waals surface area contributed by atoms with Crippen LogP contribution < -0.4 is 18.9 Å². The zero-order chi connectivity index (χ0) is 7.15. The zero-order valence-corrected chi connectivity index (χ0v) is 6.64. The predicted octanol–water partition coefficient (Wildman–Crippen LogP) is -1.43. The summed E-state index contributed by atoms with van der Waals surface area (Å²) in [4.78, 5) is 9.70. The Morgan fingerprint density at radius 2 is 1.56 bits per heavy atom. The van der Waals surface area contributed by atoms with Crippen molar-refractivity contribution >= 4 is 5.97 Å². The molecule has 0 aromatic carbocycles. The Balaban J connectivity index is -0.000000109. The van der Waals surface area contributed by atoms with E-state index in [0.717, 1.165) is 0 Å². The third-order valence-electron chi connectivity index (χ3n) is 0.494. The molecule has 0 radical (unpaired) electrons. The minimum Gasteiger partial charge on any atom is -0.481 e. The monoisotopic (exact) mass is 124 g/mol. The van der Waals surface area contributed by atoms with Crippen LogP contribution in [0.3, 0.4) is 0 Å². The van der Waals surface area contributed by atoms with Gasteiger partial charge in [0.2, 0.25) is 0 Å². The number of carbonyl (C=O) groups is 1. The molecule has 0 atom stereocenters. The molecule has 0 aliphatic rings. The van der Waals surface area contributed by atoms with Crippen LogP contribution in [0.5, 0.6) is 0 Å². The first-order chi connectivity index (χ1) is 3.64. The standard InChI is InChI=1S/C4H8O2.C2H5.Li/c1-3(2)4(5)6;1-2;/h3H,1-2H3,(H,5,6);1H2,2H3;/q;-1;+1. The molecule has 3 heteroatoms. The molecule has 0 aromatic rings. The van der Waals surface area contributed by atoms with E-state index in [1.165, 1.54) is 0 Å². The van der Waals surface area contributed by atoms with Gasteiger partial charge in [-0.15, -0.1) is 0 Å². The molecule has 0 saturated carbocycles. The number of hydrogen-bond acceptors (Lipinski definition) is 1. The second-order valence-electron chi connectivity index (χ2n) is 1.49. The Bertz CT molecular complexity index is 62.1. The Morgan fingerprint density at radius 3 is 1.56 bits per heavy atom. The van der Waals surface area contributed by atoms with Gasteiger partial charge in [-0.25, -0.2) is 0 Å². The second-order valence-corrected chi connectivity index (χ2v) is 1.49. The molecule has 0 spiro atoms. The van der Waals surface area contributed by atoms with Crippen LogP contribution in [0.25, 0.3) is 0 Å². The van der Waals surface area contributed by atoms with Crippen molar-refractivity contribution in [2.24, 2.45) is 5.92 Å². The first-order valence-electron chi connectivity index (χ1n) is 2.58. The van der Waals surface area contributed by atoms with Gasteiger partial charge in [-0.3, -0.25) is 4.79 Å². The van der Waals surface area contributed by atoms with E-state index in [4.69, 9.17) is 5.11 Å². The van der Waals surface area contributed by atoms with Crippen molar-refractivity contribution in [3.63, 3.8) is 0 Å². The van der Waals surface area contributed by atoms with E-state index < -0.39 is 5.97 Å². The maximum atomic E-state index is 9.70. The van der Waals surface area contributed by atoms with Crippen LogP contribution in [0.4, 0.5) is 0 Å². The Labute approximate surface area is 68.8 Å². The molecule has 0 fully saturated rings. The van der Waals surface area contributed by atoms with Crippen LogP contribution in [0.1, 0.15) is 20.8 Å². The Kier molecular flexibility index (Phi) is 19.5. The summed E-state index contributed by atoms with van der Waals surface area (Å²) in [5.74, 6) is -0.972. The third-order valence-corrected chi connectivity index (χ3v) is 0.494. The smallest absolute Gasteiger partial charge is 0.481 e. The van der Waals surface area contributed by atoms with E-state index in [9.17, 15) is 4.79 Å². The van der Waals surface area contributed by atoms with Crippen molar-refractivity contribution < 1.29 is 28.8 Å². The van der Waals surface area contributed by atoms with Crippen molar-refractivity contribution in [3.05, 3.63) is 6.92 Å². The molecule has 0 aromatic heterocycles. The number of hydrogen-bond donors (Lipinski definition) is 1. The quantitative estimate of drug-likeness (QED) is 0.344.